The molecule has 16 nitrogen and oxygen atoms in total. The minimum atomic E-state index is -0.957. The highest BCUT2D eigenvalue weighted by atomic mass is 33.1. The third-order valence-corrected chi connectivity index (χ3v) is 12.2. The maximum Gasteiger partial charge on any atom is 0.246 e. The SMILES string of the molecule is N#Cc1nc2ccc(NC(=O)[C@H](CCCCN)NC(=O)[C@@H](N)CSSC[C@H](N)C(=O)N[C@@H](CCCCN)C(=O)Nc3ccc4nc(C#N)sc4c3)cc2s1. The first-order valence-corrected chi connectivity index (χ1v) is 21.2. The Morgan fingerprint density at radius 3 is 1.44 bits per heavy atom. The van der Waals surface area contributed by atoms with Crippen LogP contribution in [0.4, 0.5) is 11.4 Å². The molecular weight excluding hydrogens is 769 g/mol. The molecule has 4 aromatic rings. The van der Waals surface area contributed by atoms with Crippen LogP contribution in [-0.4, -0.2) is 82.4 Å². The number of anilines is 2. The second kappa shape index (κ2) is 21.5. The van der Waals surface area contributed by atoms with E-state index in [1.54, 1.807) is 36.4 Å². The number of aromatic nitrogens is 2. The van der Waals surface area contributed by atoms with Gasteiger partial charge in [0.15, 0.2) is 10.0 Å². The summed E-state index contributed by atoms with van der Waals surface area (Å²) in [6.45, 7) is 0.884. The fourth-order valence-electron chi connectivity index (χ4n) is 5.03. The van der Waals surface area contributed by atoms with Gasteiger partial charge < -0.3 is 44.2 Å². The molecule has 54 heavy (non-hydrogen) atoms. The topological polar surface area (TPSA) is 294 Å². The Kier molecular flexibility index (Phi) is 16.9. The molecule has 4 atom stereocenters. The maximum absolute atomic E-state index is 13.2. The summed E-state index contributed by atoms with van der Waals surface area (Å²) in [5, 5.41) is 30.1. The van der Waals surface area contributed by atoms with Crippen molar-refractivity contribution in [2.24, 2.45) is 22.9 Å². The number of amides is 4. The number of nitrogens with one attached hydrogen (secondary N) is 4. The molecule has 0 aliphatic carbocycles. The molecule has 0 fully saturated rings. The fourth-order valence-corrected chi connectivity index (χ4v) is 8.88. The van der Waals surface area contributed by atoms with Crippen molar-refractivity contribution in [3.63, 3.8) is 0 Å². The van der Waals surface area contributed by atoms with Crippen LogP contribution in [0.25, 0.3) is 20.4 Å². The Labute approximate surface area is 328 Å². The van der Waals surface area contributed by atoms with Gasteiger partial charge in [-0.3, -0.25) is 19.2 Å². The van der Waals surface area contributed by atoms with Crippen molar-refractivity contribution in [1.29, 1.82) is 10.5 Å². The van der Waals surface area contributed by atoms with Gasteiger partial charge in [0.1, 0.15) is 24.2 Å². The van der Waals surface area contributed by atoms with Crippen molar-refractivity contribution in [2.75, 3.05) is 35.2 Å². The van der Waals surface area contributed by atoms with Crippen molar-refractivity contribution in [3.05, 3.63) is 46.4 Å². The second-order valence-corrected chi connectivity index (χ2v) is 16.7. The lowest BCUT2D eigenvalue weighted by Gasteiger charge is -2.21. The minimum absolute atomic E-state index is 0.176. The number of carbonyl (C=O) groups is 4. The molecule has 20 heteroatoms. The van der Waals surface area contributed by atoms with Crippen molar-refractivity contribution < 1.29 is 19.2 Å². The number of nitrogens with zero attached hydrogens (tertiary/aromatic N) is 4. The molecule has 2 heterocycles. The van der Waals surface area contributed by atoms with Crippen LogP contribution in [0.15, 0.2) is 36.4 Å². The quantitative estimate of drug-likeness (QED) is 0.0443. The Balaban J connectivity index is 1.25. The molecule has 0 saturated carbocycles. The molecule has 0 spiro atoms. The molecule has 4 rings (SSSR count). The number of thiazole rings is 2. The monoisotopic (exact) mass is 810 g/mol. The molecule has 0 unspecified atom stereocenters. The van der Waals surface area contributed by atoms with Crippen LogP contribution in [0, 0.1) is 22.7 Å². The van der Waals surface area contributed by atoms with E-state index >= 15 is 0 Å². The third-order valence-electron chi connectivity index (χ3n) is 7.92. The first kappa shape index (κ1) is 42.4. The summed E-state index contributed by atoms with van der Waals surface area (Å²) in [7, 11) is 2.51. The van der Waals surface area contributed by atoms with Gasteiger partial charge in [-0.1, -0.05) is 21.6 Å². The zero-order valence-electron chi connectivity index (χ0n) is 29.2. The summed E-state index contributed by atoms with van der Waals surface area (Å²) < 4.78 is 1.49. The summed E-state index contributed by atoms with van der Waals surface area (Å²) in [6, 6.07) is 10.6. The largest absolute Gasteiger partial charge is 0.343 e. The molecule has 2 aromatic heterocycles. The molecule has 286 valence electrons. The number of hydrogen-bond donors (Lipinski definition) is 8. The lowest BCUT2D eigenvalue weighted by Crippen LogP contribution is -2.51. The van der Waals surface area contributed by atoms with Crippen LogP contribution in [0.2, 0.25) is 0 Å². The standard InChI is InChI=1S/C34H42N12O4S4/c35-11-3-1-5-25(33(49)41-19-7-9-23-27(13-19)53-29(15-37)43-23)45-31(47)21(39)17-51-52-18-22(40)32(48)46-26(6-2-4-12-36)34(50)42-20-8-10-24-28(14-20)54-30(16-38)44-24/h7-10,13-14,21-22,25-26H,1-6,11-12,17-18,35-36,39-40H2,(H,41,49)(H,42,50)(H,45,47)(H,46,48)/t21-,22-,25-,26-/m0/s1. The van der Waals surface area contributed by atoms with Gasteiger partial charge in [0.2, 0.25) is 23.6 Å². The Morgan fingerprint density at radius 2 is 1.07 bits per heavy atom. The molecule has 12 N–H and O–H groups in total. The highest BCUT2D eigenvalue weighted by Crippen LogP contribution is 2.27. The second-order valence-electron chi connectivity index (χ2n) is 12.1. The van der Waals surface area contributed by atoms with Crippen molar-refractivity contribution in [2.45, 2.75) is 62.7 Å². The van der Waals surface area contributed by atoms with E-state index in [1.165, 1.54) is 44.3 Å². The smallest absolute Gasteiger partial charge is 0.246 e. The predicted octanol–water partition coefficient (Wildman–Crippen LogP) is 2.49. The van der Waals surface area contributed by atoms with Gasteiger partial charge in [-0.2, -0.15) is 10.5 Å². The van der Waals surface area contributed by atoms with Gasteiger partial charge in [0, 0.05) is 22.9 Å². The van der Waals surface area contributed by atoms with Crippen molar-refractivity contribution in [3.8, 4) is 12.1 Å². The number of benzene rings is 2. The van der Waals surface area contributed by atoms with E-state index in [2.05, 4.69) is 31.2 Å². The third kappa shape index (κ3) is 12.6. The van der Waals surface area contributed by atoms with E-state index < -0.39 is 47.8 Å². The molecule has 4 amide bonds. The van der Waals surface area contributed by atoms with Crippen LogP contribution in [0.1, 0.15) is 48.5 Å². The van der Waals surface area contributed by atoms with Crippen molar-refractivity contribution >= 4 is 99.7 Å². The molecule has 0 aliphatic heterocycles. The number of fused-ring (bicyclic) bond motifs is 2. The van der Waals surface area contributed by atoms with E-state index in [4.69, 9.17) is 33.5 Å². The molecular formula is C34H42N12O4S4. The van der Waals surface area contributed by atoms with Gasteiger partial charge in [0.05, 0.1) is 32.5 Å². The Morgan fingerprint density at radius 1 is 0.667 bits per heavy atom. The average Bonchev–Trinajstić information content (AvgIpc) is 3.78. The number of nitriles is 2. The summed E-state index contributed by atoms with van der Waals surface area (Å²) in [5.41, 5.74) is 25.9. The van der Waals surface area contributed by atoms with Gasteiger partial charge in [-0.25, -0.2) is 9.97 Å². The highest BCUT2D eigenvalue weighted by molar-refractivity contribution is 8.76. The van der Waals surface area contributed by atoms with E-state index in [0.717, 1.165) is 9.40 Å². The van der Waals surface area contributed by atoms with Crippen LogP contribution in [-0.2, 0) is 19.2 Å². The average molecular weight is 811 g/mol. The first-order chi connectivity index (χ1) is 26.0. The lowest BCUT2D eigenvalue weighted by molar-refractivity contribution is -0.127. The van der Waals surface area contributed by atoms with Crippen LogP contribution in [0.5, 0.6) is 0 Å². The van der Waals surface area contributed by atoms with Crippen LogP contribution in [0.3, 0.4) is 0 Å². The maximum atomic E-state index is 13.2. The Hall–Kier alpha value is -4.38. The summed E-state index contributed by atoms with van der Waals surface area (Å²) in [5.74, 6) is -1.51. The van der Waals surface area contributed by atoms with E-state index in [9.17, 15) is 19.2 Å². The van der Waals surface area contributed by atoms with E-state index in [0.29, 0.717) is 84.0 Å². The normalized spacial score (nSPS) is 13.3. The zero-order valence-corrected chi connectivity index (χ0v) is 32.5. The van der Waals surface area contributed by atoms with Gasteiger partial charge in [-0.05, 0) is 88.0 Å². The molecule has 2 aromatic carbocycles. The van der Waals surface area contributed by atoms with Crippen LogP contribution < -0.4 is 44.2 Å². The zero-order chi connectivity index (χ0) is 39.0. The number of nitrogens with two attached hydrogens (primary N) is 4. The van der Waals surface area contributed by atoms with E-state index in [-0.39, 0.29) is 11.5 Å². The lowest BCUT2D eigenvalue weighted by atomic mass is 10.1. The molecule has 0 radical (unpaired) electrons. The molecule has 0 bridgehead atoms. The number of unbranched alkanes of at least 4 members (excludes halogenated alkanes) is 2. The molecule has 0 saturated heterocycles. The summed E-state index contributed by atoms with van der Waals surface area (Å²) in [6.07, 6.45) is 3.26. The summed E-state index contributed by atoms with van der Waals surface area (Å²) >= 11 is 2.43. The van der Waals surface area contributed by atoms with Gasteiger partial charge in [-0.15, -0.1) is 22.7 Å². The number of rotatable bonds is 21. The first-order valence-electron chi connectivity index (χ1n) is 17.0. The number of carbonyl (C=O) groups excluding carboxylic acids is 4. The van der Waals surface area contributed by atoms with Gasteiger partial charge >= 0.3 is 0 Å². The number of hydrogen-bond acceptors (Lipinski definition) is 16. The van der Waals surface area contributed by atoms with E-state index in [1.807, 2.05) is 12.1 Å². The Bertz CT molecular complexity index is 1870. The predicted molar refractivity (Wildman–Crippen MR) is 216 cm³/mol. The highest BCUT2D eigenvalue weighted by Gasteiger charge is 2.26. The van der Waals surface area contributed by atoms with Gasteiger partial charge in [0.25, 0.3) is 0 Å². The summed E-state index contributed by atoms with van der Waals surface area (Å²) in [4.78, 5) is 61.0. The fraction of sp³-hybridized carbons (Fsp3) is 0.412. The minimum Gasteiger partial charge on any atom is -0.343 e. The van der Waals surface area contributed by atoms with Crippen molar-refractivity contribution in [1.82, 2.24) is 20.6 Å². The van der Waals surface area contributed by atoms with Crippen LogP contribution >= 0.6 is 44.3 Å². The molecule has 0 aliphatic rings.